The second-order valence-electron chi connectivity index (χ2n) is 2.95. The van der Waals surface area contributed by atoms with Gasteiger partial charge in [0.2, 0.25) is 0 Å². The molecule has 1 heterocycles. The van der Waals surface area contributed by atoms with E-state index >= 15 is 0 Å². The summed E-state index contributed by atoms with van der Waals surface area (Å²) in [6.07, 6.45) is 2.66. The smallest absolute Gasteiger partial charge is 0.263 e. The molecule has 16 heavy (non-hydrogen) atoms. The Labute approximate surface area is 90.6 Å². The Morgan fingerprint density at radius 3 is 2.94 bits per heavy atom. The van der Waals surface area contributed by atoms with Crippen molar-refractivity contribution in [2.24, 2.45) is 5.10 Å². The van der Waals surface area contributed by atoms with Gasteiger partial charge in [-0.2, -0.15) is 5.10 Å². The lowest BCUT2D eigenvalue weighted by molar-refractivity contribution is 0.626. The highest BCUT2D eigenvalue weighted by molar-refractivity contribution is 5.80. The number of hydrogen-bond donors (Lipinski definition) is 2. The summed E-state index contributed by atoms with van der Waals surface area (Å²) in [6, 6.07) is 6.28. The van der Waals surface area contributed by atoms with E-state index in [1.54, 1.807) is 18.2 Å². The van der Waals surface area contributed by atoms with E-state index in [1.807, 2.05) is 0 Å². The van der Waals surface area contributed by atoms with Gasteiger partial charge in [-0.05, 0) is 6.07 Å². The number of benzene rings is 1. The molecule has 2 aromatic rings. The second kappa shape index (κ2) is 4.39. The van der Waals surface area contributed by atoms with Crippen molar-refractivity contribution in [1.82, 2.24) is 14.9 Å². The molecule has 1 aromatic carbocycles. The summed E-state index contributed by atoms with van der Waals surface area (Å²) in [4.78, 5) is 0. The Hall–Kier alpha value is -2.44. The second-order valence-corrected chi connectivity index (χ2v) is 2.95. The molecule has 0 atom stereocenters. The number of hydrazone groups is 1. The predicted molar refractivity (Wildman–Crippen MR) is 57.8 cm³/mol. The van der Waals surface area contributed by atoms with Crippen LogP contribution in [0.2, 0.25) is 0 Å². The van der Waals surface area contributed by atoms with Gasteiger partial charge < -0.3 is 5.84 Å². The summed E-state index contributed by atoms with van der Waals surface area (Å²) >= 11 is 0. The van der Waals surface area contributed by atoms with E-state index in [0.29, 0.717) is 5.56 Å². The third-order valence-electron chi connectivity index (χ3n) is 1.85. The van der Waals surface area contributed by atoms with Gasteiger partial charge in [0.15, 0.2) is 0 Å². The van der Waals surface area contributed by atoms with Crippen molar-refractivity contribution in [3.8, 4) is 0 Å². The van der Waals surface area contributed by atoms with Crippen LogP contribution in [-0.4, -0.2) is 21.1 Å². The monoisotopic (exact) mass is 220 g/mol. The molecule has 0 bridgehead atoms. The van der Waals surface area contributed by atoms with Gasteiger partial charge in [0, 0.05) is 5.56 Å². The van der Waals surface area contributed by atoms with Crippen LogP contribution in [0.25, 0.3) is 0 Å². The molecule has 0 saturated carbocycles. The lowest BCUT2D eigenvalue weighted by atomic mass is 10.2. The van der Waals surface area contributed by atoms with Crippen molar-refractivity contribution < 1.29 is 4.39 Å². The van der Waals surface area contributed by atoms with Gasteiger partial charge in [0.05, 0.1) is 6.21 Å². The van der Waals surface area contributed by atoms with E-state index in [1.165, 1.54) is 23.3 Å². The maximum absolute atomic E-state index is 13.2. The lowest BCUT2D eigenvalue weighted by Crippen LogP contribution is -2.10. The van der Waals surface area contributed by atoms with E-state index in [0.717, 1.165) is 0 Å². The Morgan fingerprint density at radius 2 is 2.25 bits per heavy atom. The minimum Gasteiger partial charge on any atom is -0.335 e. The first-order valence-corrected chi connectivity index (χ1v) is 4.46. The molecule has 0 fully saturated rings. The molecule has 6 nitrogen and oxygen atoms in total. The number of hydrogen-bond acceptors (Lipinski definition) is 5. The van der Waals surface area contributed by atoms with Crippen molar-refractivity contribution in [3.63, 3.8) is 0 Å². The number of nitrogens with one attached hydrogen (secondary N) is 1. The molecule has 0 unspecified atom stereocenters. The van der Waals surface area contributed by atoms with Crippen LogP contribution in [0.5, 0.6) is 0 Å². The Kier molecular flexibility index (Phi) is 2.77. The van der Waals surface area contributed by atoms with Crippen LogP contribution in [0, 0.1) is 5.82 Å². The number of aromatic nitrogens is 3. The average Bonchev–Trinajstić information content (AvgIpc) is 2.67. The third kappa shape index (κ3) is 2.14. The average molecular weight is 220 g/mol. The minimum atomic E-state index is -0.345. The van der Waals surface area contributed by atoms with Crippen LogP contribution in [-0.2, 0) is 0 Å². The fourth-order valence-corrected chi connectivity index (χ4v) is 1.06. The SMILES string of the molecule is Nn1cnnc1N/N=C/c1ccccc1F. The van der Waals surface area contributed by atoms with Crippen molar-refractivity contribution in [2.75, 3.05) is 11.3 Å². The van der Waals surface area contributed by atoms with Crippen LogP contribution in [0.15, 0.2) is 35.7 Å². The summed E-state index contributed by atoms with van der Waals surface area (Å²) in [7, 11) is 0. The zero-order valence-electron chi connectivity index (χ0n) is 8.21. The summed E-state index contributed by atoms with van der Waals surface area (Å²) < 4.78 is 14.3. The maximum atomic E-state index is 13.2. The molecule has 0 aliphatic carbocycles. The third-order valence-corrected chi connectivity index (χ3v) is 1.85. The van der Waals surface area contributed by atoms with Gasteiger partial charge in [-0.15, -0.1) is 10.2 Å². The molecule has 0 aliphatic heterocycles. The molecule has 0 spiro atoms. The van der Waals surface area contributed by atoms with Crippen molar-refractivity contribution in [1.29, 1.82) is 0 Å². The Balaban J connectivity index is 2.06. The zero-order valence-corrected chi connectivity index (χ0v) is 8.21. The van der Waals surface area contributed by atoms with Gasteiger partial charge in [0.25, 0.3) is 5.95 Å². The molecule has 7 heteroatoms. The fourth-order valence-electron chi connectivity index (χ4n) is 1.06. The van der Waals surface area contributed by atoms with E-state index in [9.17, 15) is 4.39 Å². The van der Waals surface area contributed by atoms with Crippen LogP contribution in [0.4, 0.5) is 10.3 Å². The molecule has 3 N–H and O–H groups in total. The van der Waals surface area contributed by atoms with Crippen LogP contribution < -0.4 is 11.3 Å². The standard InChI is InChI=1S/C9H9FN6/c10-8-4-2-1-3-7(8)5-12-14-9-15-13-6-16(9)11/h1-6H,11H2,(H,14,15)/b12-5+. The van der Waals surface area contributed by atoms with Crippen LogP contribution in [0.1, 0.15) is 5.56 Å². The van der Waals surface area contributed by atoms with Gasteiger partial charge in [-0.1, -0.05) is 18.2 Å². The van der Waals surface area contributed by atoms with Gasteiger partial charge in [0.1, 0.15) is 12.1 Å². The van der Waals surface area contributed by atoms with Crippen molar-refractivity contribution in [3.05, 3.63) is 42.0 Å². The summed E-state index contributed by atoms with van der Waals surface area (Å²) in [5.74, 6) is 5.36. The summed E-state index contributed by atoms with van der Waals surface area (Å²) in [5, 5.41) is 11.0. The normalized spacial score (nSPS) is 10.8. The quantitative estimate of drug-likeness (QED) is 0.450. The molecule has 2 rings (SSSR count). The van der Waals surface area contributed by atoms with E-state index < -0.39 is 0 Å². The van der Waals surface area contributed by atoms with Crippen molar-refractivity contribution in [2.45, 2.75) is 0 Å². The number of nitrogen functional groups attached to an aromatic ring is 1. The first-order valence-electron chi connectivity index (χ1n) is 4.46. The topological polar surface area (TPSA) is 81.1 Å². The predicted octanol–water partition coefficient (Wildman–Crippen LogP) is 0.577. The van der Waals surface area contributed by atoms with Gasteiger partial charge in [-0.25, -0.2) is 14.5 Å². The molecule has 0 amide bonds. The van der Waals surface area contributed by atoms with Crippen LogP contribution >= 0.6 is 0 Å². The van der Waals surface area contributed by atoms with E-state index in [2.05, 4.69) is 20.7 Å². The summed E-state index contributed by atoms with van der Waals surface area (Å²) in [6.45, 7) is 0. The highest BCUT2D eigenvalue weighted by Crippen LogP contribution is 2.03. The first kappa shape index (κ1) is 10.1. The highest BCUT2D eigenvalue weighted by Gasteiger charge is 1.98. The minimum absolute atomic E-state index is 0.271. The molecular formula is C9H9FN6. The highest BCUT2D eigenvalue weighted by atomic mass is 19.1. The first-order chi connectivity index (χ1) is 7.77. The molecule has 82 valence electrons. The van der Waals surface area contributed by atoms with Crippen LogP contribution in [0.3, 0.4) is 0 Å². The number of rotatable bonds is 3. The number of nitrogens with two attached hydrogens (primary N) is 1. The molecule has 0 radical (unpaired) electrons. The molecule has 0 aliphatic rings. The number of halogens is 1. The van der Waals surface area contributed by atoms with E-state index in [4.69, 9.17) is 5.84 Å². The lowest BCUT2D eigenvalue weighted by Gasteiger charge is -1.98. The Bertz CT molecular complexity index is 506. The molecular weight excluding hydrogens is 211 g/mol. The van der Waals surface area contributed by atoms with E-state index in [-0.39, 0.29) is 11.8 Å². The molecule has 0 saturated heterocycles. The largest absolute Gasteiger partial charge is 0.335 e. The number of anilines is 1. The van der Waals surface area contributed by atoms with Gasteiger partial charge in [-0.3, -0.25) is 0 Å². The zero-order chi connectivity index (χ0) is 11.4. The van der Waals surface area contributed by atoms with Crippen molar-refractivity contribution >= 4 is 12.2 Å². The fraction of sp³-hybridized carbons (Fsp3) is 0. The maximum Gasteiger partial charge on any atom is 0.263 e. The summed E-state index contributed by atoms with van der Waals surface area (Å²) in [5.41, 5.74) is 2.91. The molecule has 1 aromatic heterocycles. The Morgan fingerprint density at radius 1 is 1.44 bits per heavy atom. The number of nitrogens with zero attached hydrogens (tertiary/aromatic N) is 4. The van der Waals surface area contributed by atoms with Gasteiger partial charge >= 0.3 is 0 Å².